The summed E-state index contributed by atoms with van der Waals surface area (Å²) in [6, 6.07) is 7.85. The van der Waals surface area contributed by atoms with Crippen molar-refractivity contribution in [3.8, 4) is 0 Å². The van der Waals surface area contributed by atoms with Crippen molar-refractivity contribution in [2.24, 2.45) is 5.92 Å². The fourth-order valence-corrected chi connectivity index (χ4v) is 3.36. The molecule has 0 bridgehead atoms. The molecule has 1 rings (SSSR count). The van der Waals surface area contributed by atoms with Gasteiger partial charge >= 0.3 is 5.97 Å². The number of carbonyl (C=O) groups is 1. The summed E-state index contributed by atoms with van der Waals surface area (Å²) in [7, 11) is -1.38. The molecule has 0 saturated carbocycles. The van der Waals surface area contributed by atoms with Crippen molar-refractivity contribution in [3.05, 3.63) is 35.4 Å². The Morgan fingerprint density at radius 1 is 1.22 bits per heavy atom. The van der Waals surface area contributed by atoms with Crippen molar-refractivity contribution in [2.45, 2.75) is 38.2 Å². The van der Waals surface area contributed by atoms with E-state index in [0.29, 0.717) is 5.75 Å². The van der Waals surface area contributed by atoms with Crippen LogP contribution in [0.1, 0.15) is 31.9 Å². The molecule has 0 fully saturated rings. The number of hydrogen-bond donors (Lipinski definition) is 1. The third kappa shape index (κ3) is 3.95. The van der Waals surface area contributed by atoms with E-state index in [1.165, 1.54) is 5.56 Å². The zero-order valence-corrected chi connectivity index (χ0v) is 11.9. The van der Waals surface area contributed by atoms with Gasteiger partial charge in [-0.2, -0.15) is 0 Å². The van der Waals surface area contributed by atoms with Gasteiger partial charge in [-0.3, -0.25) is 9.00 Å². The number of rotatable bonds is 6. The standard InChI is InChI=1S/C14H20O3S/c1-4-11-5-7-12(8-6-11)9-18(17)13(10(2)3)14(15)16/h5-8,10,13H,4,9H2,1-3H3,(H,15,16). The molecule has 18 heavy (non-hydrogen) atoms. The van der Waals surface area contributed by atoms with E-state index in [1.54, 1.807) is 13.8 Å². The largest absolute Gasteiger partial charge is 0.480 e. The molecule has 0 aliphatic heterocycles. The summed E-state index contributed by atoms with van der Waals surface area (Å²) in [5, 5.41) is 8.29. The molecule has 0 aliphatic carbocycles. The van der Waals surface area contributed by atoms with E-state index in [-0.39, 0.29) is 5.92 Å². The van der Waals surface area contributed by atoms with Crippen LogP contribution in [-0.2, 0) is 27.8 Å². The molecule has 1 aromatic carbocycles. The lowest BCUT2D eigenvalue weighted by atomic mass is 10.1. The predicted octanol–water partition coefficient (Wildman–Crippen LogP) is 2.61. The van der Waals surface area contributed by atoms with Gasteiger partial charge in [-0.25, -0.2) is 0 Å². The van der Waals surface area contributed by atoms with Crippen molar-refractivity contribution < 1.29 is 14.1 Å². The Morgan fingerprint density at radius 2 is 1.72 bits per heavy atom. The van der Waals surface area contributed by atoms with Crippen molar-refractivity contribution in [3.63, 3.8) is 0 Å². The molecule has 4 heteroatoms. The van der Waals surface area contributed by atoms with Gasteiger partial charge in [0.1, 0.15) is 5.25 Å². The van der Waals surface area contributed by atoms with Gasteiger partial charge < -0.3 is 5.11 Å². The van der Waals surface area contributed by atoms with Gasteiger partial charge in [-0.05, 0) is 23.5 Å². The number of aryl methyl sites for hydroxylation is 1. The summed E-state index contributed by atoms with van der Waals surface area (Å²) in [6.07, 6.45) is 0.965. The van der Waals surface area contributed by atoms with E-state index >= 15 is 0 Å². The molecule has 100 valence electrons. The van der Waals surface area contributed by atoms with E-state index in [1.807, 2.05) is 24.3 Å². The minimum atomic E-state index is -1.38. The van der Waals surface area contributed by atoms with Crippen molar-refractivity contribution >= 4 is 16.8 Å². The lowest BCUT2D eigenvalue weighted by molar-refractivity contribution is -0.137. The highest BCUT2D eigenvalue weighted by Crippen LogP contribution is 2.15. The Bertz CT molecular complexity index is 423. The summed E-state index contributed by atoms with van der Waals surface area (Å²) in [5.74, 6) is -0.800. The lowest BCUT2D eigenvalue weighted by Gasteiger charge is -2.15. The zero-order valence-electron chi connectivity index (χ0n) is 11.1. The molecular formula is C14H20O3S. The van der Waals surface area contributed by atoms with Crippen LogP contribution >= 0.6 is 0 Å². The van der Waals surface area contributed by atoms with Gasteiger partial charge in [0, 0.05) is 16.6 Å². The normalized spacial score (nSPS) is 14.4. The van der Waals surface area contributed by atoms with Crippen LogP contribution < -0.4 is 0 Å². The maximum Gasteiger partial charge on any atom is 0.319 e. The predicted molar refractivity (Wildman–Crippen MR) is 73.9 cm³/mol. The first-order chi connectivity index (χ1) is 8.45. The van der Waals surface area contributed by atoms with E-state index < -0.39 is 22.0 Å². The monoisotopic (exact) mass is 268 g/mol. The van der Waals surface area contributed by atoms with Crippen LogP contribution in [0.4, 0.5) is 0 Å². The highest BCUT2D eigenvalue weighted by molar-refractivity contribution is 7.85. The van der Waals surface area contributed by atoms with Crippen LogP contribution in [-0.4, -0.2) is 20.5 Å². The lowest BCUT2D eigenvalue weighted by Crippen LogP contribution is -2.31. The topological polar surface area (TPSA) is 54.4 Å². The minimum absolute atomic E-state index is 0.127. The second kappa shape index (κ2) is 6.69. The Labute approximate surface area is 111 Å². The molecule has 1 aromatic rings. The molecule has 0 aromatic heterocycles. The van der Waals surface area contributed by atoms with E-state index in [0.717, 1.165) is 12.0 Å². The summed E-state index contributed by atoms with van der Waals surface area (Å²) in [5.41, 5.74) is 2.15. The number of carboxylic acid groups (broad SMARTS) is 1. The van der Waals surface area contributed by atoms with Gasteiger partial charge in [-0.1, -0.05) is 45.0 Å². The molecular weight excluding hydrogens is 248 g/mol. The van der Waals surface area contributed by atoms with Crippen LogP contribution in [0.25, 0.3) is 0 Å². The zero-order chi connectivity index (χ0) is 13.7. The number of benzene rings is 1. The highest BCUT2D eigenvalue weighted by atomic mass is 32.2. The van der Waals surface area contributed by atoms with E-state index in [2.05, 4.69) is 6.92 Å². The fourth-order valence-electron chi connectivity index (χ4n) is 1.83. The molecule has 2 atom stereocenters. The third-order valence-electron chi connectivity index (χ3n) is 2.87. The molecule has 1 N–H and O–H groups in total. The molecule has 0 aliphatic rings. The summed E-state index contributed by atoms with van der Waals surface area (Å²) < 4.78 is 12.1. The van der Waals surface area contributed by atoms with Crippen LogP contribution in [0, 0.1) is 5.92 Å². The van der Waals surface area contributed by atoms with E-state index in [9.17, 15) is 9.00 Å². The van der Waals surface area contributed by atoms with Crippen LogP contribution in [0.5, 0.6) is 0 Å². The molecule has 0 spiro atoms. The maximum atomic E-state index is 12.1. The molecule has 0 saturated heterocycles. The first-order valence-corrected chi connectivity index (χ1v) is 7.51. The first-order valence-electron chi connectivity index (χ1n) is 6.13. The highest BCUT2D eigenvalue weighted by Gasteiger charge is 2.27. The summed E-state index contributed by atoms with van der Waals surface area (Å²) in [4.78, 5) is 11.1. The molecule has 0 amide bonds. The number of hydrogen-bond acceptors (Lipinski definition) is 2. The Kier molecular flexibility index (Phi) is 5.54. The molecule has 0 heterocycles. The Balaban J connectivity index is 2.76. The van der Waals surface area contributed by atoms with Gasteiger partial charge in [0.25, 0.3) is 0 Å². The number of aliphatic carboxylic acids is 1. The van der Waals surface area contributed by atoms with Crippen molar-refractivity contribution in [1.29, 1.82) is 0 Å². The minimum Gasteiger partial charge on any atom is -0.480 e. The second-order valence-electron chi connectivity index (χ2n) is 4.70. The quantitative estimate of drug-likeness (QED) is 0.863. The average Bonchev–Trinajstić information content (AvgIpc) is 2.28. The Morgan fingerprint density at radius 3 is 2.11 bits per heavy atom. The van der Waals surface area contributed by atoms with E-state index in [4.69, 9.17) is 5.11 Å². The van der Waals surface area contributed by atoms with Gasteiger partial charge in [0.05, 0.1) is 0 Å². The van der Waals surface area contributed by atoms with Gasteiger partial charge in [0.2, 0.25) is 0 Å². The smallest absolute Gasteiger partial charge is 0.319 e. The summed E-state index contributed by atoms with van der Waals surface area (Å²) in [6.45, 7) is 5.65. The maximum absolute atomic E-state index is 12.1. The number of carboxylic acids is 1. The third-order valence-corrected chi connectivity index (χ3v) is 4.80. The SMILES string of the molecule is CCc1ccc(CS(=O)C(C(=O)O)C(C)C)cc1. The second-order valence-corrected chi connectivity index (χ2v) is 6.26. The fraction of sp³-hybridized carbons (Fsp3) is 0.500. The van der Waals surface area contributed by atoms with Crippen molar-refractivity contribution in [1.82, 2.24) is 0 Å². The molecule has 0 radical (unpaired) electrons. The first kappa shape index (κ1) is 14.9. The Hall–Kier alpha value is -1.16. The molecule has 2 unspecified atom stereocenters. The van der Waals surface area contributed by atoms with Crippen LogP contribution in [0.15, 0.2) is 24.3 Å². The van der Waals surface area contributed by atoms with Crippen LogP contribution in [0.2, 0.25) is 0 Å². The summed E-state index contributed by atoms with van der Waals surface area (Å²) >= 11 is 0. The van der Waals surface area contributed by atoms with Gasteiger partial charge in [-0.15, -0.1) is 0 Å². The van der Waals surface area contributed by atoms with Crippen molar-refractivity contribution in [2.75, 3.05) is 0 Å². The average molecular weight is 268 g/mol. The van der Waals surface area contributed by atoms with Gasteiger partial charge in [0.15, 0.2) is 0 Å². The molecule has 3 nitrogen and oxygen atoms in total. The van der Waals surface area contributed by atoms with Crippen LogP contribution in [0.3, 0.4) is 0 Å².